The van der Waals surface area contributed by atoms with Gasteiger partial charge in [-0.25, -0.2) is 9.97 Å². The van der Waals surface area contributed by atoms with Crippen molar-refractivity contribution in [2.24, 2.45) is 0 Å². The second-order valence-corrected chi connectivity index (χ2v) is 4.38. The molecule has 0 radical (unpaired) electrons. The van der Waals surface area contributed by atoms with Crippen molar-refractivity contribution >= 4 is 11.7 Å². The molecule has 1 amide bonds. The first kappa shape index (κ1) is 11.6. The van der Waals surface area contributed by atoms with Crippen LogP contribution in [0.2, 0.25) is 0 Å². The minimum Gasteiger partial charge on any atom is -0.353 e. The number of nitrogens with one attached hydrogen (secondary N) is 1. The Kier molecular flexibility index (Phi) is 3.10. The predicted molar refractivity (Wildman–Crippen MR) is 72.7 cm³/mol. The molecule has 96 valence electrons. The van der Waals surface area contributed by atoms with Crippen molar-refractivity contribution in [2.75, 3.05) is 24.5 Å². The van der Waals surface area contributed by atoms with Gasteiger partial charge in [0, 0.05) is 24.8 Å². The molecule has 2 heterocycles. The average molecular weight is 254 g/mol. The van der Waals surface area contributed by atoms with E-state index in [2.05, 4.69) is 15.3 Å². The molecule has 5 nitrogen and oxygen atoms in total. The van der Waals surface area contributed by atoms with Gasteiger partial charge in [0.1, 0.15) is 5.82 Å². The van der Waals surface area contributed by atoms with Gasteiger partial charge in [-0.2, -0.15) is 0 Å². The molecule has 0 unspecified atom stereocenters. The molecule has 1 saturated heterocycles. The van der Waals surface area contributed by atoms with E-state index in [1.54, 1.807) is 6.20 Å². The van der Waals surface area contributed by atoms with E-state index in [9.17, 15) is 4.79 Å². The van der Waals surface area contributed by atoms with E-state index in [-0.39, 0.29) is 5.91 Å². The maximum Gasteiger partial charge on any atom is 0.239 e. The zero-order valence-electron chi connectivity index (χ0n) is 10.4. The topological polar surface area (TPSA) is 58.1 Å². The summed E-state index contributed by atoms with van der Waals surface area (Å²) < 4.78 is 0. The highest BCUT2D eigenvalue weighted by Gasteiger charge is 2.17. The third kappa shape index (κ3) is 2.54. The van der Waals surface area contributed by atoms with Gasteiger partial charge in [0.15, 0.2) is 5.82 Å². The van der Waals surface area contributed by atoms with E-state index in [1.165, 1.54) is 0 Å². The monoisotopic (exact) mass is 254 g/mol. The highest BCUT2D eigenvalue weighted by Crippen LogP contribution is 2.18. The predicted octanol–water partition coefficient (Wildman–Crippen LogP) is 1.08. The van der Waals surface area contributed by atoms with Crippen molar-refractivity contribution in [3.63, 3.8) is 0 Å². The second kappa shape index (κ2) is 5.06. The van der Waals surface area contributed by atoms with Crippen LogP contribution < -0.4 is 10.2 Å². The number of benzene rings is 1. The van der Waals surface area contributed by atoms with Crippen LogP contribution in [0.3, 0.4) is 0 Å². The Morgan fingerprint density at radius 3 is 2.79 bits per heavy atom. The quantitative estimate of drug-likeness (QED) is 0.871. The number of hydrogen-bond donors (Lipinski definition) is 1. The van der Waals surface area contributed by atoms with Crippen molar-refractivity contribution in [1.82, 2.24) is 15.3 Å². The van der Waals surface area contributed by atoms with Crippen LogP contribution in [0.1, 0.15) is 0 Å². The van der Waals surface area contributed by atoms with E-state index in [4.69, 9.17) is 0 Å². The molecule has 0 aliphatic carbocycles. The summed E-state index contributed by atoms with van der Waals surface area (Å²) in [7, 11) is 0. The first-order valence-electron chi connectivity index (χ1n) is 6.23. The summed E-state index contributed by atoms with van der Waals surface area (Å²) in [4.78, 5) is 22.2. The lowest BCUT2D eigenvalue weighted by atomic mass is 10.2. The van der Waals surface area contributed by atoms with Crippen molar-refractivity contribution in [3.05, 3.63) is 42.6 Å². The summed E-state index contributed by atoms with van der Waals surface area (Å²) in [6.07, 6.45) is 1.73. The molecule has 0 saturated carbocycles. The third-order valence-corrected chi connectivity index (χ3v) is 3.04. The lowest BCUT2D eigenvalue weighted by Crippen LogP contribution is -2.48. The largest absolute Gasteiger partial charge is 0.353 e. The maximum atomic E-state index is 11.4. The Morgan fingerprint density at radius 1 is 1.16 bits per heavy atom. The van der Waals surface area contributed by atoms with Gasteiger partial charge in [-0.1, -0.05) is 30.3 Å². The molecule has 1 aliphatic rings. The van der Waals surface area contributed by atoms with Crippen molar-refractivity contribution in [2.45, 2.75) is 0 Å². The van der Waals surface area contributed by atoms with E-state index in [0.717, 1.165) is 17.9 Å². The number of hydrogen-bond acceptors (Lipinski definition) is 4. The molecule has 2 aromatic rings. The summed E-state index contributed by atoms with van der Waals surface area (Å²) in [5, 5.41) is 2.80. The molecule has 1 aromatic heterocycles. The van der Waals surface area contributed by atoms with E-state index >= 15 is 0 Å². The van der Waals surface area contributed by atoms with Gasteiger partial charge in [-0.3, -0.25) is 4.79 Å². The van der Waals surface area contributed by atoms with Crippen LogP contribution in [0.25, 0.3) is 11.4 Å². The minimum absolute atomic E-state index is 0.0334. The molecule has 5 heteroatoms. The van der Waals surface area contributed by atoms with Crippen molar-refractivity contribution in [1.29, 1.82) is 0 Å². The SMILES string of the molecule is O=C1CN(c2ccnc(-c3ccccc3)n2)CCN1. The number of rotatable bonds is 2. The lowest BCUT2D eigenvalue weighted by Gasteiger charge is -2.27. The number of amides is 1. The molecule has 1 fully saturated rings. The first-order chi connectivity index (χ1) is 9.33. The number of anilines is 1. The molecular formula is C14H14N4O. The zero-order chi connectivity index (χ0) is 13.1. The van der Waals surface area contributed by atoms with Gasteiger partial charge in [0.25, 0.3) is 0 Å². The van der Waals surface area contributed by atoms with Gasteiger partial charge in [0.2, 0.25) is 5.91 Å². The van der Waals surface area contributed by atoms with E-state index < -0.39 is 0 Å². The normalized spacial score (nSPS) is 15.2. The summed E-state index contributed by atoms with van der Waals surface area (Å²) in [5.74, 6) is 1.51. The zero-order valence-corrected chi connectivity index (χ0v) is 10.4. The third-order valence-electron chi connectivity index (χ3n) is 3.04. The van der Waals surface area contributed by atoms with Gasteiger partial charge in [-0.05, 0) is 6.07 Å². The molecule has 0 bridgehead atoms. The van der Waals surface area contributed by atoms with Crippen LogP contribution in [-0.4, -0.2) is 35.5 Å². The van der Waals surface area contributed by atoms with Crippen LogP contribution >= 0.6 is 0 Å². The highest BCUT2D eigenvalue weighted by molar-refractivity contribution is 5.82. The van der Waals surface area contributed by atoms with Gasteiger partial charge < -0.3 is 10.2 Å². The fraction of sp³-hybridized carbons (Fsp3) is 0.214. The Hall–Kier alpha value is -2.43. The summed E-state index contributed by atoms with van der Waals surface area (Å²) in [6.45, 7) is 1.78. The first-order valence-corrected chi connectivity index (χ1v) is 6.23. The fourth-order valence-electron chi connectivity index (χ4n) is 2.09. The Balaban J connectivity index is 1.90. The molecule has 0 spiro atoms. The molecular weight excluding hydrogens is 240 g/mol. The smallest absolute Gasteiger partial charge is 0.239 e. The fourth-order valence-corrected chi connectivity index (χ4v) is 2.09. The second-order valence-electron chi connectivity index (χ2n) is 4.38. The van der Waals surface area contributed by atoms with Crippen LogP contribution in [0.5, 0.6) is 0 Å². The number of aromatic nitrogens is 2. The lowest BCUT2D eigenvalue weighted by molar-refractivity contribution is -0.120. The molecule has 1 N–H and O–H groups in total. The van der Waals surface area contributed by atoms with E-state index in [0.29, 0.717) is 18.9 Å². The highest BCUT2D eigenvalue weighted by atomic mass is 16.2. The number of nitrogens with zero attached hydrogens (tertiary/aromatic N) is 3. The minimum atomic E-state index is 0.0334. The number of carbonyl (C=O) groups is 1. The summed E-state index contributed by atoms with van der Waals surface area (Å²) >= 11 is 0. The molecule has 3 rings (SSSR count). The Morgan fingerprint density at radius 2 is 2.00 bits per heavy atom. The van der Waals surface area contributed by atoms with Crippen LogP contribution in [0.4, 0.5) is 5.82 Å². The molecule has 0 atom stereocenters. The molecule has 1 aliphatic heterocycles. The van der Waals surface area contributed by atoms with E-state index in [1.807, 2.05) is 41.3 Å². The Labute approximate surface area is 111 Å². The van der Waals surface area contributed by atoms with Gasteiger partial charge >= 0.3 is 0 Å². The summed E-state index contributed by atoms with van der Waals surface area (Å²) in [5.41, 5.74) is 0.978. The molecule has 19 heavy (non-hydrogen) atoms. The average Bonchev–Trinajstić information content (AvgIpc) is 2.48. The van der Waals surface area contributed by atoms with Gasteiger partial charge in [-0.15, -0.1) is 0 Å². The van der Waals surface area contributed by atoms with Crippen LogP contribution in [0.15, 0.2) is 42.6 Å². The van der Waals surface area contributed by atoms with Crippen molar-refractivity contribution in [3.8, 4) is 11.4 Å². The number of piperazine rings is 1. The number of carbonyl (C=O) groups excluding carboxylic acids is 1. The van der Waals surface area contributed by atoms with Crippen LogP contribution in [0, 0.1) is 0 Å². The van der Waals surface area contributed by atoms with Gasteiger partial charge in [0.05, 0.1) is 6.54 Å². The maximum absolute atomic E-state index is 11.4. The molecule has 1 aromatic carbocycles. The standard InChI is InChI=1S/C14H14N4O/c19-13-10-18(9-8-15-13)12-6-7-16-14(17-12)11-4-2-1-3-5-11/h1-7H,8-10H2,(H,15,19). The summed E-state index contributed by atoms with van der Waals surface area (Å²) in [6, 6.07) is 11.7. The Bertz CT molecular complexity index is 585. The van der Waals surface area contributed by atoms with Crippen LogP contribution in [-0.2, 0) is 4.79 Å². The van der Waals surface area contributed by atoms with Crippen molar-refractivity contribution < 1.29 is 4.79 Å².